The minimum absolute atomic E-state index is 0.0140. The van der Waals surface area contributed by atoms with Crippen LogP contribution in [0.4, 0.5) is 5.69 Å². The van der Waals surface area contributed by atoms with E-state index in [-0.39, 0.29) is 17.9 Å². The molecule has 0 saturated carbocycles. The van der Waals surface area contributed by atoms with Crippen LogP contribution in [-0.4, -0.2) is 22.1 Å². The number of nitro groups is 1. The molecule has 0 unspecified atom stereocenters. The fourth-order valence-corrected chi connectivity index (χ4v) is 6.06. The second-order valence-electron chi connectivity index (χ2n) is 9.38. The van der Waals surface area contributed by atoms with Crippen LogP contribution in [-0.2, 0) is 9.53 Å². The average Bonchev–Trinajstić information content (AvgIpc) is 3.56. The summed E-state index contributed by atoms with van der Waals surface area (Å²) in [5, 5.41) is 12.9. The number of carbonyl (C=O) groups is 1. The molecule has 9 nitrogen and oxygen atoms in total. The Hall–Kier alpha value is -5.09. The van der Waals surface area contributed by atoms with Crippen LogP contribution in [0.3, 0.4) is 0 Å². The number of nitrogens with zero attached hydrogens (tertiary/aromatic N) is 3. The number of ether oxygens (including phenoxy) is 1. The second kappa shape index (κ2) is 10.5. The third-order valence-corrected chi connectivity index (χ3v) is 7.88. The minimum atomic E-state index is -0.731. The highest BCUT2D eigenvalue weighted by Gasteiger charge is 2.34. The van der Waals surface area contributed by atoms with Crippen molar-refractivity contribution < 1.29 is 18.9 Å². The van der Waals surface area contributed by atoms with Gasteiger partial charge in [0.2, 0.25) is 0 Å². The number of thiazole rings is 1. The number of nitro benzene ring substituents is 1. The van der Waals surface area contributed by atoms with E-state index < -0.39 is 16.9 Å². The zero-order valence-corrected chi connectivity index (χ0v) is 22.9. The Morgan fingerprint density at radius 1 is 1.10 bits per heavy atom. The smallest absolute Gasteiger partial charge is 0.338 e. The maximum atomic E-state index is 14.0. The summed E-state index contributed by atoms with van der Waals surface area (Å²) >= 11 is 1.21. The van der Waals surface area contributed by atoms with E-state index >= 15 is 0 Å². The molecule has 3 heterocycles. The zero-order chi connectivity index (χ0) is 28.7. The second-order valence-corrected chi connectivity index (χ2v) is 10.4. The van der Waals surface area contributed by atoms with Gasteiger partial charge in [0.15, 0.2) is 4.80 Å². The first kappa shape index (κ1) is 26.1. The number of furan rings is 1. The lowest BCUT2D eigenvalue weighted by atomic mass is 9.91. The molecular weight excluding hydrogens is 542 g/mol. The Labute approximate surface area is 237 Å². The van der Waals surface area contributed by atoms with E-state index in [1.807, 2.05) is 42.5 Å². The standard InChI is InChI=1S/C31H23N3O6S/c1-3-39-30(36)27-18(2)32-31-33(28(27)24-10-6-8-19-7-4-5-9-23(19)24)29(35)26(41-31)17-22-15-16-25(40-22)20-11-13-21(14-12-20)34(37)38/h4-17,28H,3H2,1-2H3/b26-17-/t28-/m1/s1. The molecule has 3 aromatic carbocycles. The largest absolute Gasteiger partial charge is 0.463 e. The summed E-state index contributed by atoms with van der Waals surface area (Å²) in [5.41, 5.74) is 1.95. The molecule has 10 heteroatoms. The maximum Gasteiger partial charge on any atom is 0.338 e. The summed E-state index contributed by atoms with van der Waals surface area (Å²) in [7, 11) is 0. The third-order valence-electron chi connectivity index (χ3n) is 6.90. The number of non-ortho nitro benzene ring substituents is 1. The topological polar surface area (TPSA) is 117 Å². The minimum Gasteiger partial charge on any atom is -0.463 e. The molecule has 1 atom stereocenters. The molecule has 2 aromatic heterocycles. The van der Waals surface area contributed by atoms with Gasteiger partial charge in [0.25, 0.3) is 11.2 Å². The van der Waals surface area contributed by atoms with Crippen molar-refractivity contribution >= 4 is 39.8 Å². The molecule has 0 aliphatic carbocycles. The van der Waals surface area contributed by atoms with Crippen molar-refractivity contribution in [1.82, 2.24) is 4.57 Å². The molecule has 0 radical (unpaired) electrons. The van der Waals surface area contributed by atoms with Crippen LogP contribution in [0, 0.1) is 10.1 Å². The van der Waals surface area contributed by atoms with Gasteiger partial charge in [0, 0.05) is 23.8 Å². The summed E-state index contributed by atoms with van der Waals surface area (Å²) in [6.07, 6.45) is 1.64. The van der Waals surface area contributed by atoms with Crippen LogP contribution in [0.1, 0.15) is 31.2 Å². The Balaban J connectivity index is 1.49. The number of benzene rings is 3. The number of hydrogen-bond donors (Lipinski definition) is 0. The molecule has 0 spiro atoms. The van der Waals surface area contributed by atoms with Gasteiger partial charge in [-0.05, 0) is 54.4 Å². The van der Waals surface area contributed by atoms with Crippen LogP contribution in [0.2, 0.25) is 0 Å². The van der Waals surface area contributed by atoms with Gasteiger partial charge in [-0.2, -0.15) is 0 Å². The van der Waals surface area contributed by atoms with Crippen molar-refractivity contribution in [2.24, 2.45) is 4.99 Å². The SMILES string of the molecule is CCOC(=O)C1=C(C)N=c2s/c(=C\c3ccc(-c4ccc([N+](=O)[O-])cc4)o3)c(=O)n2[C@@H]1c1cccc2ccccc12. The summed E-state index contributed by atoms with van der Waals surface area (Å²) in [5.74, 6) is 0.430. The fraction of sp³-hybridized carbons (Fsp3) is 0.129. The molecule has 0 saturated heterocycles. The van der Waals surface area contributed by atoms with Crippen molar-refractivity contribution in [3.8, 4) is 11.3 Å². The van der Waals surface area contributed by atoms with E-state index in [4.69, 9.17) is 9.15 Å². The first-order valence-corrected chi connectivity index (χ1v) is 13.7. The lowest BCUT2D eigenvalue weighted by molar-refractivity contribution is -0.384. The number of aromatic nitrogens is 1. The quantitative estimate of drug-likeness (QED) is 0.160. The van der Waals surface area contributed by atoms with Crippen LogP contribution in [0.15, 0.2) is 104 Å². The highest BCUT2D eigenvalue weighted by Crippen LogP contribution is 2.35. The van der Waals surface area contributed by atoms with Crippen LogP contribution in [0.25, 0.3) is 28.2 Å². The van der Waals surface area contributed by atoms with E-state index in [1.54, 1.807) is 48.8 Å². The number of hydrogen-bond acceptors (Lipinski definition) is 8. The summed E-state index contributed by atoms with van der Waals surface area (Å²) in [6.45, 7) is 3.69. The third kappa shape index (κ3) is 4.68. The molecule has 5 aromatic rings. The molecular formula is C31H23N3O6S. The highest BCUT2D eigenvalue weighted by molar-refractivity contribution is 7.07. The molecule has 41 heavy (non-hydrogen) atoms. The van der Waals surface area contributed by atoms with Crippen molar-refractivity contribution in [3.05, 3.63) is 131 Å². The Morgan fingerprint density at radius 3 is 2.61 bits per heavy atom. The summed E-state index contributed by atoms with van der Waals surface area (Å²) in [6, 6.07) is 22.4. The Bertz CT molecular complexity index is 2040. The van der Waals surface area contributed by atoms with Crippen molar-refractivity contribution in [2.75, 3.05) is 6.61 Å². The molecule has 0 amide bonds. The summed E-state index contributed by atoms with van der Waals surface area (Å²) < 4.78 is 13.3. The number of carbonyl (C=O) groups excluding carboxylic acids is 1. The molecule has 1 aliphatic rings. The molecule has 0 bridgehead atoms. The average molecular weight is 566 g/mol. The predicted octanol–water partition coefficient (Wildman–Crippen LogP) is 5.12. The van der Waals surface area contributed by atoms with Gasteiger partial charge < -0.3 is 9.15 Å². The molecule has 1 aliphatic heterocycles. The maximum absolute atomic E-state index is 14.0. The van der Waals surface area contributed by atoms with Gasteiger partial charge in [-0.25, -0.2) is 9.79 Å². The van der Waals surface area contributed by atoms with Gasteiger partial charge in [-0.3, -0.25) is 19.5 Å². The van der Waals surface area contributed by atoms with Crippen LogP contribution >= 0.6 is 11.3 Å². The van der Waals surface area contributed by atoms with Crippen molar-refractivity contribution in [3.63, 3.8) is 0 Å². The number of fused-ring (bicyclic) bond motifs is 2. The number of rotatable bonds is 6. The van der Waals surface area contributed by atoms with E-state index in [1.165, 1.54) is 23.5 Å². The van der Waals surface area contributed by atoms with Crippen LogP contribution < -0.4 is 14.9 Å². The zero-order valence-electron chi connectivity index (χ0n) is 22.1. The van der Waals surface area contributed by atoms with Crippen molar-refractivity contribution in [1.29, 1.82) is 0 Å². The predicted molar refractivity (Wildman–Crippen MR) is 155 cm³/mol. The van der Waals surface area contributed by atoms with Gasteiger partial charge in [0.05, 0.1) is 33.4 Å². The van der Waals surface area contributed by atoms with E-state index in [9.17, 15) is 19.7 Å². The van der Waals surface area contributed by atoms with E-state index in [0.29, 0.717) is 37.7 Å². The van der Waals surface area contributed by atoms with Gasteiger partial charge in [0.1, 0.15) is 11.5 Å². The number of esters is 1. The lowest BCUT2D eigenvalue weighted by Gasteiger charge is -2.25. The monoisotopic (exact) mass is 565 g/mol. The van der Waals surface area contributed by atoms with E-state index in [0.717, 1.165) is 16.3 Å². The van der Waals surface area contributed by atoms with Crippen LogP contribution in [0.5, 0.6) is 0 Å². The Kier molecular flexibility index (Phi) is 6.68. The summed E-state index contributed by atoms with van der Waals surface area (Å²) in [4.78, 5) is 42.8. The fourth-order valence-electron chi connectivity index (χ4n) is 5.04. The van der Waals surface area contributed by atoms with Crippen molar-refractivity contribution in [2.45, 2.75) is 19.9 Å². The highest BCUT2D eigenvalue weighted by atomic mass is 32.1. The molecule has 0 fully saturated rings. The molecule has 6 rings (SSSR count). The first-order chi connectivity index (χ1) is 19.9. The van der Waals surface area contributed by atoms with Gasteiger partial charge in [-0.15, -0.1) is 0 Å². The number of allylic oxidation sites excluding steroid dienone is 1. The normalized spacial score (nSPS) is 15.1. The van der Waals surface area contributed by atoms with E-state index in [2.05, 4.69) is 4.99 Å². The van der Waals surface area contributed by atoms with Gasteiger partial charge in [-0.1, -0.05) is 53.8 Å². The lowest BCUT2D eigenvalue weighted by Crippen LogP contribution is -2.40. The molecule has 0 N–H and O–H groups in total. The first-order valence-electron chi connectivity index (χ1n) is 12.9. The Morgan fingerprint density at radius 2 is 1.85 bits per heavy atom. The molecule has 204 valence electrons. The van der Waals surface area contributed by atoms with Gasteiger partial charge >= 0.3 is 5.97 Å².